The maximum Gasteiger partial charge on any atom is 0.124 e. The van der Waals surface area contributed by atoms with Gasteiger partial charge in [0.25, 0.3) is 0 Å². The molecule has 3 heteroatoms. The van der Waals surface area contributed by atoms with Gasteiger partial charge in [-0.2, -0.15) is 0 Å². The molecule has 0 heterocycles. The Morgan fingerprint density at radius 1 is 1.33 bits per heavy atom. The van der Waals surface area contributed by atoms with Gasteiger partial charge in [0.2, 0.25) is 0 Å². The Labute approximate surface area is 116 Å². The highest BCUT2D eigenvalue weighted by Gasteiger charge is 2.19. The molecule has 1 aromatic rings. The molecule has 0 amide bonds. The Morgan fingerprint density at radius 3 is 2.56 bits per heavy atom. The zero-order valence-corrected chi connectivity index (χ0v) is 12.8. The molecule has 1 atom stereocenters. The molecular formula is C15H24ClNO. The second-order valence-electron chi connectivity index (χ2n) is 5.82. The minimum Gasteiger partial charge on any atom is -0.496 e. The van der Waals surface area contributed by atoms with Crippen molar-refractivity contribution in [2.45, 2.75) is 34.2 Å². The van der Waals surface area contributed by atoms with Crippen molar-refractivity contribution in [2.24, 2.45) is 11.3 Å². The highest BCUT2D eigenvalue weighted by molar-refractivity contribution is 6.31. The van der Waals surface area contributed by atoms with Crippen molar-refractivity contribution in [3.63, 3.8) is 0 Å². The Hall–Kier alpha value is -0.730. The molecule has 0 aromatic heterocycles. The third-order valence-electron chi connectivity index (χ3n) is 3.53. The van der Waals surface area contributed by atoms with E-state index < -0.39 is 0 Å². The second-order valence-corrected chi connectivity index (χ2v) is 6.23. The third-order valence-corrected chi connectivity index (χ3v) is 3.88. The maximum atomic E-state index is 6.19. The Kier molecular flexibility index (Phi) is 5.48. The van der Waals surface area contributed by atoms with Gasteiger partial charge in [-0.05, 0) is 30.0 Å². The van der Waals surface area contributed by atoms with Crippen LogP contribution in [0.3, 0.4) is 0 Å². The minimum absolute atomic E-state index is 0.317. The maximum absolute atomic E-state index is 6.19. The van der Waals surface area contributed by atoms with Crippen molar-refractivity contribution in [3.05, 3.63) is 28.8 Å². The zero-order valence-electron chi connectivity index (χ0n) is 12.0. The first kappa shape index (κ1) is 15.3. The first-order chi connectivity index (χ1) is 8.36. The highest BCUT2D eigenvalue weighted by atomic mass is 35.5. The molecule has 1 rings (SSSR count). The van der Waals surface area contributed by atoms with Crippen molar-refractivity contribution in [2.75, 3.05) is 13.7 Å². The fourth-order valence-corrected chi connectivity index (χ4v) is 1.85. The van der Waals surface area contributed by atoms with Crippen LogP contribution >= 0.6 is 11.6 Å². The molecular weight excluding hydrogens is 246 g/mol. The van der Waals surface area contributed by atoms with Gasteiger partial charge in [-0.15, -0.1) is 0 Å². The first-order valence-electron chi connectivity index (χ1n) is 6.38. The fourth-order valence-electron chi connectivity index (χ4n) is 1.62. The summed E-state index contributed by atoms with van der Waals surface area (Å²) in [5.41, 5.74) is 1.35. The van der Waals surface area contributed by atoms with Gasteiger partial charge in [0.1, 0.15) is 5.75 Å². The third kappa shape index (κ3) is 4.18. The monoisotopic (exact) mass is 269 g/mol. The van der Waals surface area contributed by atoms with Gasteiger partial charge in [0.15, 0.2) is 0 Å². The van der Waals surface area contributed by atoms with Crippen molar-refractivity contribution >= 4 is 11.6 Å². The molecule has 1 aromatic carbocycles. The van der Waals surface area contributed by atoms with Crippen molar-refractivity contribution in [1.29, 1.82) is 0 Å². The van der Waals surface area contributed by atoms with E-state index in [2.05, 4.69) is 33.0 Å². The van der Waals surface area contributed by atoms with E-state index in [1.165, 1.54) is 0 Å². The van der Waals surface area contributed by atoms with Crippen LogP contribution in [0.25, 0.3) is 0 Å². The van der Waals surface area contributed by atoms with E-state index in [1.807, 2.05) is 18.2 Å². The van der Waals surface area contributed by atoms with E-state index >= 15 is 0 Å². The molecule has 0 aliphatic heterocycles. The van der Waals surface area contributed by atoms with E-state index in [9.17, 15) is 0 Å². The summed E-state index contributed by atoms with van der Waals surface area (Å²) in [5, 5.41) is 4.21. The molecule has 0 saturated carbocycles. The second kappa shape index (κ2) is 6.44. The largest absolute Gasteiger partial charge is 0.496 e. The number of halogens is 1. The van der Waals surface area contributed by atoms with Crippen LogP contribution in [0.5, 0.6) is 5.75 Å². The van der Waals surface area contributed by atoms with E-state index in [4.69, 9.17) is 16.3 Å². The average molecular weight is 270 g/mol. The molecule has 0 bridgehead atoms. The van der Waals surface area contributed by atoms with Crippen molar-refractivity contribution < 1.29 is 4.74 Å². The molecule has 18 heavy (non-hydrogen) atoms. The number of hydrogen-bond acceptors (Lipinski definition) is 2. The highest BCUT2D eigenvalue weighted by Crippen LogP contribution is 2.27. The molecule has 0 aliphatic rings. The standard InChI is InChI=1S/C15H24ClNO/c1-11(15(2,3)4)9-17-10-12-13(16)7-6-8-14(12)18-5/h6-8,11,17H,9-10H2,1-5H3. The number of hydrogen-bond donors (Lipinski definition) is 1. The van der Waals surface area contributed by atoms with Gasteiger partial charge in [-0.1, -0.05) is 45.4 Å². The summed E-state index contributed by atoms with van der Waals surface area (Å²) in [6.07, 6.45) is 0. The Balaban J connectivity index is 2.59. The predicted molar refractivity (Wildman–Crippen MR) is 78.3 cm³/mol. The molecule has 102 valence electrons. The van der Waals surface area contributed by atoms with E-state index in [-0.39, 0.29) is 0 Å². The van der Waals surface area contributed by atoms with Crippen molar-refractivity contribution in [1.82, 2.24) is 5.32 Å². The summed E-state index contributed by atoms with van der Waals surface area (Å²) in [4.78, 5) is 0. The number of ether oxygens (including phenoxy) is 1. The lowest BCUT2D eigenvalue weighted by atomic mass is 9.82. The summed E-state index contributed by atoms with van der Waals surface area (Å²) in [6, 6.07) is 5.74. The van der Waals surface area contributed by atoms with Gasteiger partial charge in [-0.3, -0.25) is 0 Å². The van der Waals surface area contributed by atoms with Crippen LogP contribution in [0, 0.1) is 11.3 Å². The van der Waals surface area contributed by atoms with Crippen LogP contribution in [0.15, 0.2) is 18.2 Å². The molecule has 0 aliphatic carbocycles. The number of methoxy groups -OCH3 is 1. The van der Waals surface area contributed by atoms with Crippen LogP contribution in [0.1, 0.15) is 33.3 Å². The molecule has 1 N–H and O–H groups in total. The van der Waals surface area contributed by atoms with Crippen molar-refractivity contribution in [3.8, 4) is 5.75 Å². The number of benzene rings is 1. The van der Waals surface area contributed by atoms with Gasteiger partial charge < -0.3 is 10.1 Å². The molecule has 0 spiro atoms. The van der Waals surface area contributed by atoms with Gasteiger partial charge in [0, 0.05) is 17.1 Å². The van der Waals surface area contributed by atoms with Crippen LogP contribution < -0.4 is 10.1 Å². The van der Waals surface area contributed by atoms with Gasteiger partial charge >= 0.3 is 0 Å². The lowest BCUT2D eigenvalue weighted by Crippen LogP contribution is -2.29. The summed E-state index contributed by atoms with van der Waals surface area (Å²) in [7, 11) is 1.67. The zero-order chi connectivity index (χ0) is 13.8. The van der Waals surface area contributed by atoms with Crippen LogP contribution in [0.2, 0.25) is 5.02 Å². The molecule has 2 nitrogen and oxygen atoms in total. The topological polar surface area (TPSA) is 21.3 Å². The van der Waals surface area contributed by atoms with Gasteiger partial charge in [0.05, 0.1) is 7.11 Å². The average Bonchev–Trinajstić information content (AvgIpc) is 2.29. The smallest absolute Gasteiger partial charge is 0.124 e. The fraction of sp³-hybridized carbons (Fsp3) is 0.600. The van der Waals surface area contributed by atoms with Gasteiger partial charge in [-0.25, -0.2) is 0 Å². The quantitative estimate of drug-likeness (QED) is 0.868. The van der Waals surface area contributed by atoms with E-state index in [0.717, 1.165) is 29.4 Å². The molecule has 1 unspecified atom stereocenters. The Bertz CT molecular complexity index is 385. The summed E-state index contributed by atoms with van der Waals surface area (Å²) >= 11 is 6.19. The summed E-state index contributed by atoms with van der Waals surface area (Å²) in [5.74, 6) is 1.45. The molecule has 0 fully saturated rings. The predicted octanol–water partition coefficient (Wildman–Crippen LogP) is 4.12. The van der Waals surface area contributed by atoms with Crippen LogP contribution in [-0.2, 0) is 6.54 Å². The van der Waals surface area contributed by atoms with Crippen LogP contribution in [0.4, 0.5) is 0 Å². The lowest BCUT2D eigenvalue weighted by molar-refractivity contribution is 0.252. The lowest BCUT2D eigenvalue weighted by Gasteiger charge is -2.27. The SMILES string of the molecule is COc1cccc(Cl)c1CNCC(C)C(C)(C)C. The normalized spacial score (nSPS) is 13.4. The summed E-state index contributed by atoms with van der Waals surface area (Å²) in [6.45, 7) is 10.7. The minimum atomic E-state index is 0.317. The first-order valence-corrected chi connectivity index (χ1v) is 6.76. The van der Waals surface area contributed by atoms with E-state index in [1.54, 1.807) is 7.11 Å². The summed E-state index contributed by atoms with van der Waals surface area (Å²) < 4.78 is 5.33. The molecule has 0 radical (unpaired) electrons. The molecule has 0 saturated heterocycles. The van der Waals surface area contributed by atoms with Crippen LogP contribution in [-0.4, -0.2) is 13.7 Å². The Morgan fingerprint density at radius 2 is 2.00 bits per heavy atom. The number of nitrogens with one attached hydrogen (secondary N) is 1. The number of rotatable bonds is 5. The van der Waals surface area contributed by atoms with E-state index in [0.29, 0.717) is 11.3 Å².